The third-order valence-electron chi connectivity index (χ3n) is 23.4. The van der Waals surface area contributed by atoms with Crippen LogP contribution in [-0.4, -0.2) is 255 Å². The molecule has 9 atom stereocenters. The summed E-state index contributed by atoms with van der Waals surface area (Å²) in [6.45, 7) is 16.1. The predicted molar refractivity (Wildman–Crippen MR) is 459 cm³/mol. The van der Waals surface area contributed by atoms with E-state index in [1.807, 2.05) is 79.1 Å². The smallest absolute Gasteiger partial charge is 0.407 e. The minimum Gasteiger partial charge on any atom is -0.460 e. The summed E-state index contributed by atoms with van der Waals surface area (Å²) in [7, 11) is 1.63. The van der Waals surface area contributed by atoms with Gasteiger partial charge in [-0.25, -0.2) is 49.2 Å². The molecule has 4 fully saturated rings. The minimum atomic E-state index is -1.09. The predicted octanol–water partition coefficient (Wildman–Crippen LogP) is 9.01. The molecule has 0 aromatic carbocycles. The number of alkyl carbamates (subject to hydrolysis) is 1. The van der Waals surface area contributed by atoms with Crippen LogP contribution in [0.15, 0.2) is 103 Å². The van der Waals surface area contributed by atoms with E-state index in [4.69, 9.17) is 48.7 Å². The second kappa shape index (κ2) is 48.1. The number of ketones is 3. The van der Waals surface area contributed by atoms with E-state index in [0.717, 1.165) is 47.9 Å². The Morgan fingerprint density at radius 1 is 0.691 bits per heavy atom. The number of H-pyrrole nitrogens is 1. The van der Waals surface area contributed by atoms with Crippen molar-refractivity contribution >= 4 is 86.9 Å². The number of allylic oxidation sites excluding steroid dienone is 6. The van der Waals surface area contributed by atoms with Crippen LogP contribution in [0.5, 0.6) is 0 Å². The molecule has 1 aliphatic carbocycles. The number of carbonyl (C=O) groups excluding carboxylic acids is 8. The fraction of sp³-hybridized carbons (Fsp3) is 0.596. The number of anilines is 3. The van der Waals surface area contributed by atoms with Crippen molar-refractivity contribution in [2.75, 3.05) is 121 Å². The van der Waals surface area contributed by atoms with Crippen molar-refractivity contribution < 1.29 is 81.4 Å². The highest BCUT2D eigenvalue weighted by molar-refractivity contribution is 6.38. The second-order valence-electron chi connectivity index (χ2n) is 32.7. The average Bonchev–Trinajstić information content (AvgIpc) is 1.62. The van der Waals surface area contributed by atoms with Gasteiger partial charge in [-0.15, -0.1) is 0 Å². The SMILES string of the molecule is CO[C@H]1CC2CCCC(O2)C(=O)C(=O)N2CCCC[C@H]2C(=O)O[C@H](CCC2CCC(OC(=O)NCc3cnc(N4CCN(c5ncc(C(=O)NCCOCCOCCOCCOCCC(=O)NCCCCn6nc(-c7cnc8[nH]ccc8c7)c7c(N)ncnc76)cn5)CC4)nc3)CC2)CC(=O)[C@H](C)/C=C(\C)[C@@H](O)CC(=O)[C@H](C)C[C@H](C)/C=C/C=CC=C1C. The number of esters is 1. The molecular formula is C89H123N17O17. The molecule has 2 unspecified atom stereocenters. The molecule has 10 heterocycles. The number of nitrogen functional groups attached to an aromatic ring is 1. The Labute approximate surface area is 718 Å². The van der Waals surface area contributed by atoms with E-state index < -0.39 is 54.0 Å². The lowest BCUT2D eigenvalue weighted by atomic mass is 9.83. The van der Waals surface area contributed by atoms with Gasteiger partial charge in [0.05, 0.1) is 82.1 Å². The molecule has 2 bridgehead atoms. The number of aliphatic hydroxyl groups is 1. The number of nitrogens with two attached hydrogens (primary N) is 1. The van der Waals surface area contributed by atoms with Gasteiger partial charge in [-0.3, -0.25) is 28.8 Å². The summed E-state index contributed by atoms with van der Waals surface area (Å²) in [6, 6.07) is 2.92. The molecule has 1 saturated carbocycles. The summed E-state index contributed by atoms with van der Waals surface area (Å²) in [5.41, 5.74) is 11.7. The van der Waals surface area contributed by atoms with Crippen molar-refractivity contribution in [1.29, 1.82) is 0 Å². The zero-order valence-corrected chi connectivity index (χ0v) is 71.9. The second-order valence-corrected chi connectivity index (χ2v) is 32.7. The van der Waals surface area contributed by atoms with Crippen LogP contribution >= 0.6 is 0 Å². The fourth-order valence-corrected chi connectivity index (χ4v) is 16.1. The summed E-state index contributed by atoms with van der Waals surface area (Å²) in [4.78, 5) is 149. The first-order chi connectivity index (χ1) is 59.6. The van der Waals surface area contributed by atoms with Crippen LogP contribution in [0.1, 0.15) is 173 Å². The summed E-state index contributed by atoms with van der Waals surface area (Å²) < 4.78 is 48.6. The van der Waals surface area contributed by atoms with Crippen molar-refractivity contribution in [2.45, 2.75) is 212 Å². The number of amides is 4. The molecule has 4 amide bonds. The van der Waals surface area contributed by atoms with E-state index in [1.165, 1.54) is 23.6 Å². The van der Waals surface area contributed by atoms with E-state index in [9.17, 15) is 43.5 Å². The highest BCUT2D eigenvalue weighted by atomic mass is 16.6. The van der Waals surface area contributed by atoms with Gasteiger partial charge in [0.15, 0.2) is 5.65 Å². The first-order valence-electron chi connectivity index (χ1n) is 43.7. The number of piperidine rings is 1. The van der Waals surface area contributed by atoms with Crippen molar-refractivity contribution in [1.82, 2.24) is 70.5 Å². The van der Waals surface area contributed by atoms with Crippen LogP contribution in [0.3, 0.4) is 0 Å². The summed E-state index contributed by atoms with van der Waals surface area (Å²) >= 11 is 0. The number of aromatic amines is 1. The van der Waals surface area contributed by atoms with E-state index in [-0.39, 0.29) is 112 Å². The van der Waals surface area contributed by atoms with Gasteiger partial charge in [-0.05, 0) is 145 Å². The zero-order valence-electron chi connectivity index (χ0n) is 71.9. The Hall–Kier alpha value is -10.4. The number of nitrogens with zero attached hydrogens (tertiary/aromatic N) is 12. The van der Waals surface area contributed by atoms with E-state index in [0.29, 0.717) is 207 Å². The number of fused-ring (bicyclic) bond motifs is 5. The lowest BCUT2D eigenvalue weighted by Crippen LogP contribution is -2.54. The number of piperazine rings is 1. The maximum atomic E-state index is 14.5. The quantitative estimate of drug-likeness (QED) is 0.0102. The normalized spacial score (nSPS) is 24.2. The summed E-state index contributed by atoms with van der Waals surface area (Å²) in [5, 5.41) is 26.3. The third kappa shape index (κ3) is 28.3. The number of aliphatic hydroxyl groups excluding tert-OH is 1. The lowest BCUT2D eigenvalue weighted by Gasteiger charge is -2.36. The number of hydrogen-bond donors (Lipinski definition) is 6. The monoisotopic (exact) mass is 1700 g/mol. The van der Waals surface area contributed by atoms with Gasteiger partial charge in [0.1, 0.15) is 59.4 Å². The molecule has 0 radical (unpaired) electrons. The molecule has 3 saturated heterocycles. The van der Waals surface area contributed by atoms with Crippen LogP contribution in [0.2, 0.25) is 0 Å². The van der Waals surface area contributed by atoms with E-state index in [2.05, 4.69) is 60.7 Å². The van der Waals surface area contributed by atoms with Gasteiger partial charge >= 0.3 is 12.1 Å². The molecule has 5 aliphatic rings. The summed E-state index contributed by atoms with van der Waals surface area (Å²) in [5.74, 6) is -2.23. The molecular weight excluding hydrogens is 1580 g/mol. The Balaban J connectivity index is 0.529. The third-order valence-corrected chi connectivity index (χ3v) is 23.4. The van der Waals surface area contributed by atoms with Crippen molar-refractivity contribution in [3.63, 3.8) is 0 Å². The van der Waals surface area contributed by atoms with Crippen LogP contribution < -0.4 is 31.5 Å². The maximum absolute atomic E-state index is 14.5. The highest BCUT2D eigenvalue weighted by Crippen LogP contribution is 2.35. The number of cyclic esters (lactones) is 1. The van der Waals surface area contributed by atoms with E-state index in [1.54, 1.807) is 45.6 Å². The molecule has 666 valence electrons. The Kier molecular flexibility index (Phi) is 36.5. The topological polar surface area (TPSA) is 426 Å². The van der Waals surface area contributed by atoms with Gasteiger partial charge in [-0.2, -0.15) is 5.10 Å². The molecule has 4 aliphatic heterocycles. The van der Waals surface area contributed by atoms with Gasteiger partial charge < -0.3 is 84.4 Å². The van der Waals surface area contributed by atoms with Gasteiger partial charge in [0.25, 0.3) is 11.8 Å². The molecule has 7 N–H and O–H groups in total. The van der Waals surface area contributed by atoms with Gasteiger partial charge in [0.2, 0.25) is 23.6 Å². The van der Waals surface area contributed by atoms with Crippen molar-refractivity contribution in [2.24, 2.45) is 23.7 Å². The lowest BCUT2D eigenvalue weighted by molar-refractivity contribution is -0.167. The standard InChI is InChI=1S/C89H123N17O17/c1-58-15-8-7-9-16-59(2)76(116-6)49-69-17-14-19-75(121-69)80(111)85(113)105-31-12-10-18-71(105)86(114)122-70(48-72(107)61(4)46-62(5)74(109)50-73(108)60(3)45-58)25-22-63-20-23-68(24-21-63)123-89(115)99-53-64-51-95-87(96-52-64)103-33-35-104(36-34-103)88-97-55-67(56-98-88)84(112)93-30-38-118-40-42-120-44-43-119-41-39-117-37-27-77(110)91-28-11-13-32-106-83-78(81(90)100-57-101-83)79(102-106)66-47-65-26-29-92-82(65)94-54-66/h7-9,15-16,26,29,46-47,51-52,54-58,60-61,63,68-71,74-76,109H,10-14,17-25,27-28,30-45,48-50,53H2,1-6H3,(H,91,110)(H,92,94)(H,93,112)(H,99,115)(H2,90,100,101)/b9-7?,15-8+,59-16?,62-46+/t58-,60-,61-,63?,68?,69?,70-,71+,74+,75?,76+/m1/s1. The van der Waals surface area contributed by atoms with Crippen molar-refractivity contribution in [3.05, 3.63) is 114 Å². The Bertz CT molecular complexity index is 4580. The number of hydrogen-bond acceptors (Lipinski definition) is 28. The number of Topliss-reactive ketones (excluding diaryl/α,β-unsaturated/α-hetero) is 3. The van der Waals surface area contributed by atoms with E-state index >= 15 is 0 Å². The van der Waals surface area contributed by atoms with Gasteiger partial charge in [-0.1, -0.05) is 57.2 Å². The van der Waals surface area contributed by atoms with Crippen LogP contribution in [0.4, 0.5) is 22.5 Å². The first-order valence-corrected chi connectivity index (χ1v) is 43.7. The number of methoxy groups -OCH3 is 1. The first kappa shape index (κ1) is 93.3. The molecule has 123 heavy (non-hydrogen) atoms. The number of nitrogens with one attached hydrogen (secondary N) is 4. The largest absolute Gasteiger partial charge is 0.460 e. The number of pyridine rings is 1. The average molecular weight is 1700 g/mol. The number of rotatable bonds is 31. The zero-order chi connectivity index (χ0) is 87.0. The number of carbonyl (C=O) groups is 8. The molecule has 11 rings (SSSR count). The number of ether oxygens (including phenoxy) is 8. The number of aromatic nitrogens is 10. The Morgan fingerprint density at radius 3 is 2.12 bits per heavy atom. The van der Waals surface area contributed by atoms with Crippen LogP contribution in [0.25, 0.3) is 33.3 Å². The molecule has 6 aromatic heterocycles. The van der Waals surface area contributed by atoms with Crippen LogP contribution in [-0.2, 0) is 79.8 Å². The van der Waals surface area contributed by atoms with Gasteiger partial charge in [0, 0.05) is 157 Å². The molecule has 34 nitrogen and oxygen atoms in total. The summed E-state index contributed by atoms with van der Waals surface area (Å²) in [6.07, 6.45) is 27.8. The van der Waals surface area contributed by atoms with Crippen molar-refractivity contribution in [3.8, 4) is 11.3 Å². The van der Waals surface area contributed by atoms with Crippen LogP contribution in [0, 0.1) is 23.7 Å². The fourth-order valence-electron chi connectivity index (χ4n) is 16.1. The number of aryl methyl sites for hydroxylation is 1. The maximum Gasteiger partial charge on any atom is 0.407 e. The molecule has 6 aromatic rings. The highest BCUT2D eigenvalue weighted by Gasteiger charge is 2.42. The minimum absolute atomic E-state index is 0.0802. The molecule has 0 spiro atoms. The molecule has 34 heteroatoms. The number of unbranched alkanes of at least 4 members (excludes halogenated alkanes) is 1. The Morgan fingerprint density at radius 2 is 1.40 bits per heavy atom.